The standard InChI is InChI=1S/C13H21N3O3S.ClH/c1-3-13(15,4-2)9-16-20(18,19)11-7-5-10(6-8-11)12(14)17;/h5-8,16H,3-4,9,15H2,1-2H3,(H2,14,17);1H. The summed E-state index contributed by atoms with van der Waals surface area (Å²) in [4.78, 5) is 11.0. The van der Waals surface area contributed by atoms with Crippen LogP contribution in [0.5, 0.6) is 0 Å². The summed E-state index contributed by atoms with van der Waals surface area (Å²) in [5.74, 6) is -0.597. The summed E-state index contributed by atoms with van der Waals surface area (Å²) < 4.78 is 26.7. The van der Waals surface area contributed by atoms with Crippen molar-refractivity contribution >= 4 is 28.3 Å². The number of carbonyl (C=O) groups is 1. The molecule has 0 radical (unpaired) electrons. The molecule has 0 aliphatic heterocycles. The van der Waals surface area contributed by atoms with Gasteiger partial charge in [0.25, 0.3) is 0 Å². The van der Waals surface area contributed by atoms with Crippen LogP contribution >= 0.6 is 12.4 Å². The van der Waals surface area contributed by atoms with E-state index in [0.717, 1.165) is 0 Å². The van der Waals surface area contributed by atoms with Crippen molar-refractivity contribution in [1.82, 2.24) is 4.72 Å². The lowest BCUT2D eigenvalue weighted by Gasteiger charge is -2.26. The summed E-state index contributed by atoms with van der Waals surface area (Å²) in [5, 5.41) is 0. The molecule has 6 nitrogen and oxygen atoms in total. The van der Waals surface area contributed by atoms with Crippen molar-refractivity contribution in [2.24, 2.45) is 11.5 Å². The van der Waals surface area contributed by atoms with Crippen molar-refractivity contribution in [3.63, 3.8) is 0 Å². The van der Waals surface area contributed by atoms with Gasteiger partial charge in [0.1, 0.15) is 0 Å². The first-order chi connectivity index (χ1) is 9.24. The highest BCUT2D eigenvalue weighted by molar-refractivity contribution is 7.89. The van der Waals surface area contributed by atoms with E-state index < -0.39 is 21.5 Å². The van der Waals surface area contributed by atoms with E-state index in [2.05, 4.69) is 4.72 Å². The normalized spacial score (nSPS) is 11.8. The first kappa shape index (κ1) is 19.9. The molecule has 21 heavy (non-hydrogen) atoms. The van der Waals surface area contributed by atoms with E-state index >= 15 is 0 Å². The second-order valence-electron chi connectivity index (χ2n) is 4.78. The average molecular weight is 336 g/mol. The molecule has 1 rings (SSSR count). The largest absolute Gasteiger partial charge is 0.366 e. The molecule has 8 heteroatoms. The third kappa shape index (κ3) is 5.28. The maximum Gasteiger partial charge on any atom is 0.248 e. The Labute approximate surface area is 131 Å². The van der Waals surface area contributed by atoms with Gasteiger partial charge in [-0.3, -0.25) is 4.79 Å². The Kier molecular flexibility index (Phi) is 7.32. The molecule has 1 aromatic rings. The van der Waals surface area contributed by atoms with Gasteiger partial charge in [-0.1, -0.05) is 13.8 Å². The van der Waals surface area contributed by atoms with Gasteiger partial charge >= 0.3 is 0 Å². The summed E-state index contributed by atoms with van der Waals surface area (Å²) in [6.07, 6.45) is 1.35. The monoisotopic (exact) mass is 335 g/mol. The SMILES string of the molecule is CCC(N)(CC)CNS(=O)(=O)c1ccc(C(N)=O)cc1.Cl. The Morgan fingerprint density at radius 1 is 1.19 bits per heavy atom. The smallest absolute Gasteiger partial charge is 0.248 e. The van der Waals surface area contributed by atoms with Gasteiger partial charge in [-0.15, -0.1) is 12.4 Å². The van der Waals surface area contributed by atoms with Crippen LogP contribution in [-0.2, 0) is 10.0 Å². The number of sulfonamides is 1. The molecule has 0 aromatic heterocycles. The zero-order valence-electron chi connectivity index (χ0n) is 12.1. The van der Waals surface area contributed by atoms with Crippen LogP contribution in [0.2, 0.25) is 0 Å². The number of hydrogen-bond donors (Lipinski definition) is 3. The number of benzene rings is 1. The molecule has 1 amide bonds. The Bertz CT molecular complexity index is 569. The lowest BCUT2D eigenvalue weighted by molar-refractivity contribution is 0.1000. The van der Waals surface area contributed by atoms with Crippen LogP contribution in [0, 0.1) is 0 Å². The number of carbonyl (C=O) groups excluding carboxylic acids is 1. The van der Waals surface area contributed by atoms with Gasteiger partial charge < -0.3 is 11.5 Å². The van der Waals surface area contributed by atoms with Crippen molar-refractivity contribution in [3.05, 3.63) is 29.8 Å². The van der Waals surface area contributed by atoms with Crippen molar-refractivity contribution in [1.29, 1.82) is 0 Å². The number of nitrogens with one attached hydrogen (secondary N) is 1. The number of hydrogen-bond acceptors (Lipinski definition) is 4. The molecule has 0 saturated carbocycles. The van der Waals surface area contributed by atoms with Crippen LogP contribution in [0.1, 0.15) is 37.0 Å². The lowest BCUT2D eigenvalue weighted by atomic mass is 9.95. The zero-order chi connectivity index (χ0) is 15.4. The van der Waals surface area contributed by atoms with Crippen molar-refractivity contribution < 1.29 is 13.2 Å². The highest BCUT2D eigenvalue weighted by Gasteiger charge is 2.24. The van der Waals surface area contributed by atoms with E-state index in [1.165, 1.54) is 24.3 Å². The van der Waals surface area contributed by atoms with Gasteiger partial charge in [-0.05, 0) is 37.1 Å². The number of primary amides is 1. The molecule has 0 bridgehead atoms. The fourth-order valence-corrected chi connectivity index (χ4v) is 2.76. The van der Waals surface area contributed by atoms with E-state index in [4.69, 9.17) is 11.5 Å². The Hall–Kier alpha value is -1.15. The minimum absolute atomic E-state index is 0. The van der Waals surface area contributed by atoms with E-state index in [0.29, 0.717) is 12.8 Å². The third-order valence-electron chi connectivity index (χ3n) is 3.47. The first-order valence-corrected chi connectivity index (χ1v) is 7.91. The Morgan fingerprint density at radius 3 is 2.05 bits per heavy atom. The summed E-state index contributed by atoms with van der Waals surface area (Å²) in [5.41, 5.74) is 10.9. The van der Waals surface area contributed by atoms with E-state index in [-0.39, 0.29) is 29.4 Å². The fraction of sp³-hybridized carbons (Fsp3) is 0.462. The molecule has 0 aliphatic carbocycles. The van der Waals surface area contributed by atoms with Crippen molar-refractivity contribution in [2.75, 3.05) is 6.54 Å². The molecule has 1 aromatic carbocycles. The van der Waals surface area contributed by atoms with Crippen LogP contribution in [0.25, 0.3) is 0 Å². The summed E-state index contributed by atoms with van der Waals surface area (Å²) in [6, 6.07) is 5.45. The molecule has 0 fully saturated rings. The minimum Gasteiger partial charge on any atom is -0.366 e. The van der Waals surface area contributed by atoms with Crippen LogP contribution < -0.4 is 16.2 Å². The van der Waals surface area contributed by atoms with Gasteiger partial charge in [0.2, 0.25) is 15.9 Å². The molecule has 0 atom stereocenters. The second kappa shape index (κ2) is 7.74. The maximum absolute atomic E-state index is 12.1. The first-order valence-electron chi connectivity index (χ1n) is 6.42. The van der Waals surface area contributed by atoms with Gasteiger partial charge in [0.15, 0.2) is 0 Å². The van der Waals surface area contributed by atoms with E-state index in [1.807, 2.05) is 13.8 Å². The van der Waals surface area contributed by atoms with Gasteiger partial charge in [-0.2, -0.15) is 0 Å². The van der Waals surface area contributed by atoms with Crippen molar-refractivity contribution in [3.8, 4) is 0 Å². The molecule has 0 spiro atoms. The van der Waals surface area contributed by atoms with Gasteiger partial charge in [-0.25, -0.2) is 13.1 Å². The van der Waals surface area contributed by atoms with Crippen molar-refractivity contribution in [2.45, 2.75) is 37.1 Å². The molecule has 120 valence electrons. The average Bonchev–Trinajstić information content (AvgIpc) is 2.45. The number of rotatable bonds is 7. The Morgan fingerprint density at radius 2 is 1.67 bits per heavy atom. The lowest BCUT2D eigenvalue weighted by Crippen LogP contribution is -2.49. The summed E-state index contributed by atoms with van der Waals surface area (Å²) >= 11 is 0. The van der Waals surface area contributed by atoms with Gasteiger partial charge in [0, 0.05) is 17.6 Å². The highest BCUT2D eigenvalue weighted by Crippen LogP contribution is 2.14. The quantitative estimate of drug-likeness (QED) is 0.689. The summed E-state index contributed by atoms with van der Waals surface area (Å²) in [7, 11) is -3.64. The molecule has 0 unspecified atom stereocenters. The van der Waals surface area contributed by atoms with E-state index in [1.54, 1.807) is 0 Å². The highest BCUT2D eigenvalue weighted by atomic mass is 35.5. The Balaban J connectivity index is 0.00000400. The molecular weight excluding hydrogens is 314 g/mol. The van der Waals surface area contributed by atoms with Crippen LogP contribution in [-0.4, -0.2) is 26.4 Å². The third-order valence-corrected chi connectivity index (χ3v) is 4.89. The fourth-order valence-electron chi connectivity index (χ4n) is 1.62. The molecular formula is C13H22ClN3O3S. The number of nitrogens with two attached hydrogens (primary N) is 2. The van der Waals surface area contributed by atoms with Crippen LogP contribution in [0.3, 0.4) is 0 Å². The van der Waals surface area contributed by atoms with Crippen LogP contribution in [0.4, 0.5) is 0 Å². The minimum atomic E-state index is -3.64. The molecule has 5 N–H and O–H groups in total. The predicted molar refractivity (Wildman–Crippen MR) is 84.9 cm³/mol. The molecule has 0 saturated heterocycles. The van der Waals surface area contributed by atoms with Gasteiger partial charge in [0.05, 0.1) is 4.90 Å². The number of halogens is 1. The topological polar surface area (TPSA) is 115 Å². The predicted octanol–water partition coefficient (Wildman–Crippen LogP) is 1.00. The second-order valence-corrected chi connectivity index (χ2v) is 6.55. The molecule has 0 aliphatic rings. The molecule has 0 heterocycles. The van der Waals surface area contributed by atoms with Crippen LogP contribution in [0.15, 0.2) is 29.2 Å². The maximum atomic E-state index is 12.1. The summed E-state index contributed by atoms with van der Waals surface area (Å²) in [6.45, 7) is 4.00. The number of amides is 1. The zero-order valence-corrected chi connectivity index (χ0v) is 13.8. The van der Waals surface area contributed by atoms with E-state index in [9.17, 15) is 13.2 Å².